The van der Waals surface area contributed by atoms with E-state index in [2.05, 4.69) is 4.74 Å². The van der Waals surface area contributed by atoms with Crippen LogP contribution < -0.4 is 5.19 Å². The van der Waals surface area contributed by atoms with Crippen LogP contribution in [0, 0.1) is 6.92 Å². The van der Waals surface area contributed by atoms with Gasteiger partial charge in [0.2, 0.25) is 0 Å². The number of aliphatic hydroxyl groups is 1. The van der Waals surface area contributed by atoms with Crippen molar-refractivity contribution < 1.29 is 27.8 Å². The summed E-state index contributed by atoms with van der Waals surface area (Å²) in [4.78, 5) is 11.6. The van der Waals surface area contributed by atoms with E-state index < -0.39 is 17.7 Å². The van der Waals surface area contributed by atoms with Crippen molar-refractivity contribution in [2.75, 3.05) is 13.7 Å². The Morgan fingerprint density at radius 3 is 2.57 bits per heavy atom. The molecular weight excluding hydrogens is 327 g/mol. The number of aliphatic hydroxyl groups excluding tert-OH is 1. The maximum Gasteiger partial charge on any atom is 0.416 e. The van der Waals surface area contributed by atoms with E-state index in [-0.39, 0.29) is 35.0 Å². The van der Waals surface area contributed by atoms with Crippen LogP contribution in [0.2, 0.25) is 0 Å². The molecule has 4 nitrogen and oxygen atoms in total. The molecule has 0 atom stereocenters. The average Bonchev–Trinajstić information content (AvgIpc) is 2.71. The highest BCUT2D eigenvalue weighted by molar-refractivity contribution is 6.34. The Morgan fingerprint density at radius 2 is 2.04 bits per heavy atom. The van der Waals surface area contributed by atoms with Crippen LogP contribution in [-0.4, -0.2) is 39.6 Å². The van der Waals surface area contributed by atoms with Crippen molar-refractivity contribution in [1.29, 1.82) is 0 Å². The summed E-state index contributed by atoms with van der Waals surface area (Å²) in [6.45, 7) is 1.70. The zero-order valence-electron chi connectivity index (χ0n) is 13.1. The molecule has 0 aliphatic carbocycles. The summed E-state index contributed by atoms with van der Waals surface area (Å²) in [6.07, 6.45) is -4.43. The number of fused-ring (bicyclic) bond motifs is 1. The lowest BCUT2D eigenvalue weighted by molar-refractivity contribution is -0.140. The molecule has 0 saturated carbocycles. The van der Waals surface area contributed by atoms with Gasteiger partial charge in [-0.05, 0) is 18.6 Å². The Labute approximate surface area is 134 Å². The predicted octanol–water partition coefficient (Wildman–Crippen LogP) is 0.667. The van der Waals surface area contributed by atoms with E-state index in [9.17, 15) is 23.1 Å². The minimum Gasteiger partial charge on any atom is -0.469 e. The van der Waals surface area contributed by atoms with Gasteiger partial charge in [-0.3, -0.25) is 4.79 Å². The van der Waals surface area contributed by atoms with E-state index in [1.54, 1.807) is 11.5 Å². The molecule has 0 unspecified atom stereocenters. The highest BCUT2D eigenvalue weighted by Crippen LogP contribution is 2.33. The van der Waals surface area contributed by atoms with E-state index in [1.807, 2.05) is 0 Å². The van der Waals surface area contributed by atoms with Gasteiger partial charge in [-0.25, -0.2) is 0 Å². The van der Waals surface area contributed by atoms with E-state index in [4.69, 9.17) is 0 Å². The molecule has 1 N–H and O–H groups in total. The van der Waals surface area contributed by atoms with Gasteiger partial charge in [-0.1, -0.05) is 11.3 Å². The number of esters is 1. The molecule has 0 saturated heterocycles. The number of aromatic nitrogens is 1. The first-order chi connectivity index (χ1) is 10.7. The zero-order valence-corrected chi connectivity index (χ0v) is 15.1. The van der Waals surface area contributed by atoms with Gasteiger partial charge in [-0.2, -0.15) is 13.2 Å². The molecule has 1 heterocycles. The first kappa shape index (κ1) is 17.5. The van der Waals surface area contributed by atoms with Gasteiger partial charge in [0.1, 0.15) is 0 Å². The fraction of sp³-hybridized carbons (Fsp3) is 0.400. The second-order valence-electron chi connectivity index (χ2n) is 5.37. The van der Waals surface area contributed by atoms with Gasteiger partial charge in [0.05, 0.1) is 25.7 Å². The lowest BCUT2D eigenvalue weighted by Crippen LogP contribution is -2.20. The van der Waals surface area contributed by atoms with Crippen molar-refractivity contribution in [3.8, 4) is 0 Å². The Kier molecular flexibility index (Phi) is 4.86. The highest BCUT2D eigenvalue weighted by Gasteiger charge is 2.33. The van der Waals surface area contributed by atoms with Crippen molar-refractivity contribution >= 4 is 32.3 Å². The van der Waals surface area contributed by atoms with Crippen molar-refractivity contribution in [3.63, 3.8) is 0 Å². The normalized spacial score (nSPS) is 12.1. The van der Waals surface area contributed by atoms with Crippen molar-refractivity contribution in [2.24, 2.45) is 0 Å². The Morgan fingerprint density at radius 1 is 1.39 bits per heavy atom. The number of hydrogen-bond acceptors (Lipinski definition) is 3. The topological polar surface area (TPSA) is 51.5 Å². The molecule has 0 bridgehead atoms. The summed E-state index contributed by atoms with van der Waals surface area (Å²) in [7, 11) is 1.51. The molecule has 23 heavy (non-hydrogen) atoms. The second-order valence-corrected chi connectivity index (χ2v) is 6.45. The van der Waals surface area contributed by atoms with Crippen LogP contribution in [0.25, 0.3) is 10.9 Å². The fourth-order valence-corrected chi connectivity index (χ4v) is 3.55. The molecule has 0 aliphatic heterocycles. The lowest BCUT2D eigenvalue weighted by atomic mass is 10.1. The van der Waals surface area contributed by atoms with Crippen LogP contribution in [0.15, 0.2) is 12.1 Å². The third kappa shape index (κ3) is 3.27. The van der Waals surface area contributed by atoms with Crippen molar-refractivity contribution in [2.45, 2.75) is 26.1 Å². The molecule has 0 spiro atoms. The molecule has 0 radical (unpaired) electrons. The summed E-state index contributed by atoms with van der Waals surface area (Å²) >= 11 is 0. The number of rotatable bonds is 4. The summed E-state index contributed by atoms with van der Waals surface area (Å²) in [5.74, 6) is -0.453. The number of methoxy groups -OCH3 is 1. The average molecular weight is 345 g/mol. The molecule has 126 valence electrons. The van der Waals surface area contributed by atoms with Gasteiger partial charge in [-0.15, -0.1) is 0 Å². The largest absolute Gasteiger partial charge is 0.469 e. The van der Waals surface area contributed by atoms with Crippen LogP contribution in [0.5, 0.6) is 0 Å². The van der Waals surface area contributed by atoms with Gasteiger partial charge < -0.3 is 14.4 Å². The summed E-state index contributed by atoms with van der Waals surface area (Å²) in [6, 6.07) is 2.62. The molecule has 1 aromatic heterocycles. The number of benzene rings is 1. The fourth-order valence-electron chi connectivity index (χ4n) is 2.83. The molecule has 0 aliphatic rings. The first-order valence-electron chi connectivity index (χ1n) is 7.07. The molecular formula is C15H18F3NO3Si. The molecule has 8 heteroatoms. The number of alkyl halides is 3. The molecule has 2 aromatic rings. The van der Waals surface area contributed by atoms with Crippen LogP contribution >= 0.6 is 0 Å². The van der Waals surface area contributed by atoms with Gasteiger partial charge >= 0.3 is 12.1 Å². The monoisotopic (exact) mass is 345 g/mol. The third-order valence-corrected chi connectivity index (χ3v) is 4.81. The predicted molar refractivity (Wildman–Crippen MR) is 84.1 cm³/mol. The lowest BCUT2D eigenvalue weighted by Gasteiger charge is -2.12. The SMILES string of the molecule is COC(=O)Cc1c(C)n(CCO)c2cc(C(F)(F)F)c([SiH3])cc12. The minimum absolute atomic E-state index is 0.0103. The highest BCUT2D eigenvalue weighted by atomic mass is 28.1. The summed E-state index contributed by atoms with van der Waals surface area (Å²) < 4.78 is 45.7. The Bertz CT molecular complexity index is 753. The van der Waals surface area contributed by atoms with Crippen molar-refractivity contribution in [3.05, 3.63) is 29.0 Å². The molecule has 0 amide bonds. The number of hydrogen-bond donors (Lipinski definition) is 1. The summed E-state index contributed by atoms with van der Waals surface area (Å²) in [5, 5.41) is 10.0. The van der Waals surface area contributed by atoms with Crippen LogP contribution in [0.3, 0.4) is 0 Å². The zero-order chi connectivity index (χ0) is 17.4. The second kappa shape index (κ2) is 6.36. The summed E-state index contributed by atoms with van der Waals surface area (Å²) in [5.41, 5.74) is 1.03. The van der Waals surface area contributed by atoms with E-state index in [0.29, 0.717) is 22.2 Å². The number of carbonyl (C=O) groups excluding carboxylic acids is 1. The molecule has 1 aromatic carbocycles. The number of nitrogens with zero attached hydrogens (tertiary/aromatic N) is 1. The van der Waals surface area contributed by atoms with Gasteiger partial charge in [0.15, 0.2) is 0 Å². The quantitative estimate of drug-likeness (QED) is 0.655. The number of carbonyl (C=O) groups is 1. The first-order valence-corrected chi connectivity index (χ1v) is 8.07. The maximum atomic E-state index is 13.2. The smallest absolute Gasteiger partial charge is 0.416 e. The Balaban J connectivity index is 2.75. The van der Waals surface area contributed by atoms with E-state index in [1.165, 1.54) is 13.2 Å². The van der Waals surface area contributed by atoms with E-state index in [0.717, 1.165) is 6.07 Å². The van der Waals surface area contributed by atoms with Gasteiger partial charge in [0, 0.05) is 33.4 Å². The maximum absolute atomic E-state index is 13.2. The third-order valence-electron chi connectivity index (χ3n) is 3.98. The van der Waals surface area contributed by atoms with Crippen molar-refractivity contribution in [1.82, 2.24) is 4.57 Å². The van der Waals surface area contributed by atoms with Gasteiger partial charge in [0.25, 0.3) is 0 Å². The standard InChI is InChI=1S/C15H18F3NO3Si/c1-8-9(6-14(21)22-2)10-5-13(23)11(15(16,17)18)7-12(10)19(8)3-4-20/h5,7,20H,3-4,6H2,1-2,23H3. The molecule has 0 fully saturated rings. The Hall–Kier alpha value is -1.80. The number of halogens is 3. The minimum atomic E-state index is -4.42. The van der Waals surface area contributed by atoms with E-state index >= 15 is 0 Å². The van der Waals surface area contributed by atoms with Crippen LogP contribution in [0.1, 0.15) is 16.8 Å². The van der Waals surface area contributed by atoms with Crippen LogP contribution in [-0.2, 0) is 28.7 Å². The van der Waals surface area contributed by atoms with Crippen LogP contribution in [0.4, 0.5) is 13.2 Å². The number of ether oxygens (including phenoxy) is 1. The molecule has 2 rings (SSSR count).